The van der Waals surface area contributed by atoms with Crippen LogP contribution < -0.4 is 4.90 Å². The van der Waals surface area contributed by atoms with Gasteiger partial charge in [-0.05, 0) is 30.5 Å². The van der Waals surface area contributed by atoms with Gasteiger partial charge in [0.2, 0.25) is 11.8 Å². The predicted octanol–water partition coefficient (Wildman–Crippen LogP) is 4.52. The number of hydrogen-bond acceptors (Lipinski definition) is 7. The number of ether oxygens (including phenoxy) is 1. The summed E-state index contributed by atoms with van der Waals surface area (Å²) in [6.45, 7) is 0.911. The molecule has 0 radical (unpaired) electrons. The van der Waals surface area contributed by atoms with Crippen molar-refractivity contribution in [3.05, 3.63) is 53.2 Å². The first-order valence-electron chi connectivity index (χ1n) is 10.4. The number of aliphatic hydroxyl groups excluding tert-OH is 1. The van der Waals surface area contributed by atoms with Gasteiger partial charge in [-0.1, -0.05) is 24.3 Å². The average molecular weight is 593 g/mol. The number of benzene rings is 1. The van der Waals surface area contributed by atoms with Crippen LogP contribution in [0.15, 0.2) is 41.4 Å². The van der Waals surface area contributed by atoms with Gasteiger partial charge in [-0.2, -0.15) is 8.78 Å². The maximum absolute atomic E-state index is 14.9. The van der Waals surface area contributed by atoms with Crippen molar-refractivity contribution in [2.75, 3.05) is 31.6 Å². The molecule has 0 saturated carbocycles. The topological polar surface area (TPSA) is 94.7 Å². The zero-order valence-corrected chi connectivity index (χ0v) is 20.7. The Bertz CT molecular complexity index is 1030. The molecule has 1 aromatic carbocycles. The summed E-state index contributed by atoms with van der Waals surface area (Å²) in [6.07, 6.45) is 0.178. The lowest BCUT2D eigenvalue weighted by Gasteiger charge is -2.45. The van der Waals surface area contributed by atoms with Crippen LogP contribution in [-0.4, -0.2) is 59.8 Å². The second-order valence-electron chi connectivity index (χ2n) is 8.02. The molecule has 2 heterocycles. The highest BCUT2D eigenvalue weighted by atomic mass is 127. The molecule has 0 amide bonds. The van der Waals surface area contributed by atoms with E-state index in [-0.39, 0.29) is 49.0 Å². The highest BCUT2D eigenvalue weighted by Gasteiger charge is 2.52. The summed E-state index contributed by atoms with van der Waals surface area (Å²) < 4.78 is 58.8. The van der Waals surface area contributed by atoms with Crippen LogP contribution in [0.4, 0.5) is 23.4 Å². The maximum Gasteiger partial charge on any atom is 0.321 e. The van der Waals surface area contributed by atoms with Gasteiger partial charge in [0.15, 0.2) is 5.82 Å². The Morgan fingerprint density at radius 1 is 1.15 bits per heavy atom. The SMILES string of the molecule is CN=C(CO)OC(=N)c1ccc(N2CCC(c3ccc(C(F)(F)I)cc3)(C(C)(F)F)CC2)nn1. The Kier molecular flexibility index (Phi) is 7.80. The molecule has 0 unspecified atom stereocenters. The van der Waals surface area contributed by atoms with Crippen molar-refractivity contribution in [1.82, 2.24) is 10.2 Å². The maximum atomic E-state index is 14.9. The second kappa shape index (κ2) is 10.1. The zero-order valence-electron chi connectivity index (χ0n) is 18.5. The van der Waals surface area contributed by atoms with Crippen LogP contribution in [0, 0.1) is 5.41 Å². The van der Waals surface area contributed by atoms with E-state index in [4.69, 9.17) is 15.3 Å². The minimum atomic E-state index is -3.07. The average Bonchev–Trinajstić information content (AvgIpc) is 2.81. The smallest absolute Gasteiger partial charge is 0.321 e. The summed E-state index contributed by atoms with van der Waals surface area (Å²) in [4.78, 5) is 5.50. The second-order valence-corrected chi connectivity index (χ2v) is 9.37. The molecule has 0 aliphatic carbocycles. The van der Waals surface area contributed by atoms with Crippen LogP contribution in [0.2, 0.25) is 0 Å². The van der Waals surface area contributed by atoms with Gasteiger partial charge in [-0.15, -0.1) is 10.2 Å². The van der Waals surface area contributed by atoms with Gasteiger partial charge in [0.1, 0.15) is 12.3 Å². The van der Waals surface area contributed by atoms with Crippen molar-refractivity contribution in [2.24, 2.45) is 4.99 Å². The minimum absolute atomic E-state index is 0.0426. The number of piperidine rings is 1. The van der Waals surface area contributed by atoms with Gasteiger partial charge in [0, 0.05) is 55.2 Å². The van der Waals surface area contributed by atoms with E-state index in [1.54, 1.807) is 6.07 Å². The molecule has 1 aliphatic heterocycles. The summed E-state index contributed by atoms with van der Waals surface area (Å²) in [5, 5.41) is 25.0. The molecular formula is C22H24F4IN5O2. The Balaban J connectivity index is 1.75. The number of halogens is 5. The molecule has 1 aliphatic rings. The molecule has 2 N–H and O–H groups in total. The van der Waals surface area contributed by atoms with Crippen molar-refractivity contribution in [2.45, 2.75) is 35.0 Å². The number of aliphatic hydroxyl groups is 1. The van der Waals surface area contributed by atoms with Gasteiger partial charge in [0.05, 0.1) is 5.41 Å². The van der Waals surface area contributed by atoms with Crippen molar-refractivity contribution in [3.8, 4) is 0 Å². The number of aromatic nitrogens is 2. The first-order valence-corrected chi connectivity index (χ1v) is 11.5. The van der Waals surface area contributed by atoms with E-state index < -0.39 is 21.9 Å². The van der Waals surface area contributed by atoms with Crippen molar-refractivity contribution >= 4 is 40.2 Å². The molecular weight excluding hydrogens is 569 g/mol. The number of alkyl halides is 5. The summed E-state index contributed by atoms with van der Waals surface area (Å²) in [6, 6.07) is 8.26. The minimum Gasteiger partial charge on any atom is -0.421 e. The molecule has 0 bridgehead atoms. The number of nitrogens with one attached hydrogen (secondary N) is 1. The normalized spacial score (nSPS) is 16.9. The largest absolute Gasteiger partial charge is 0.421 e. The number of nitrogens with zero attached hydrogens (tertiary/aromatic N) is 4. The molecule has 2 aromatic rings. The summed E-state index contributed by atoms with van der Waals surface area (Å²) >= 11 is 1.01. The highest BCUT2D eigenvalue weighted by Crippen LogP contribution is 2.48. The molecule has 7 nitrogen and oxygen atoms in total. The molecule has 3 rings (SSSR count). The number of anilines is 1. The van der Waals surface area contributed by atoms with Crippen molar-refractivity contribution < 1.29 is 27.4 Å². The molecule has 34 heavy (non-hydrogen) atoms. The van der Waals surface area contributed by atoms with Crippen molar-refractivity contribution in [3.63, 3.8) is 0 Å². The Hall–Kier alpha value is -2.35. The number of aliphatic imine (C=N–C) groups is 1. The van der Waals surface area contributed by atoms with Gasteiger partial charge in [0.25, 0.3) is 5.92 Å². The van der Waals surface area contributed by atoms with E-state index in [1.165, 1.54) is 37.4 Å². The molecule has 12 heteroatoms. The standard InChI is InChI=1S/C22H24F4IN5O2/c1-20(23,24)21(14-3-5-15(6-4-14)22(25,26)27)9-11-32(12-10-21)17-8-7-16(30-31-17)19(28)34-18(13-33)29-2/h3-8,28,33H,9-13H2,1-2H3. The quantitative estimate of drug-likeness (QED) is 0.169. The van der Waals surface area contributed by atoms with Crippen LogP contribution >= 0.6 is 22.6 Å². The van der Waals surface area contributed by atoms with Gasteiger partial charge >= 0.3 is 3.93 Å². The van der Waals surface area contributed by atoms with E-state index in [1.807, 2.05) is 4.90 Å². The van der Waals surface area contributed by atoms with Crippen LogP contribution in [0.3, 0.4) is 0 Å². The summed E-state index contributed by atoms with van der Waals surface area (Å²) in [7, 11) is 1.41. The third-order valence-corrected chi connectivity index (χ3v) is 6.66. The predicted molar refractivity (Wildman–Crippen MR) is 128 cm³/mol. The van der Waals surface area contributed by atoms with Crippen LogP contribution in [-0.2, 0) is 14.1 Å². The van der Waals surface area contributed by atoms with Crippen molar-refractivity contribution in [1.29, 1.82) is 5.41 Å². The van der Waals surface area contributed by atoms with E-state index in [0.29, 0.717) is 11.4 Å². The number of rotatable bonds is 6. The van der Waals surface area contributed by atoms with E-state index >= 15 is 0 Å². The Labute approximate surface area is 207 Å². The van der Waals surface area contributed by atoms with Crippen LogP contribution in [0.1, 0.15) is 36.6 Å². The molecule has 0 atom stereocenters. The lowest BCUT2D eigenvalue weighted by atomic mass is 9.68. The molecule has 184 valence electrons. The van der Waals surface area contributed by atoms with E-state index in [9.17, 15) is 17.6 Å². The van der Waals surface area contributed by atoms with Crippen LogP contribution in [0.5, 0.6) is 0 Å². The lowest BCUT2D eigenvalue weighted by molar-refractivity contribution is -0.0727. The Morgan fingerprint density at radius 2 is 1.76 bits per heavy atom. The third kappa shape index (κ3) is 5.48. The van der Waals surface area contributed by atoms with E-state index in [2.05, 4.69) is 15.2 Å². The highest BCUT2D eigenvalue weighted by molar-refractivity contribution is 14.1. The molecule has 1 saturated heterocycles. The van der Waals surface area contributed by atoms with Gasteiger partial charge < -0.3 is 14.7 Å². The fraction of sp³-hybridized carbons (Fsp3) is 0.455. The molecule has 0 spiro atoms. The number of hydrogen-bond donors (Lipinski definition) is 2. The van der Waals surface area contributed by atoms with Crippen LogP contribution in [0.25, 0.3) is 0 Å². The fourth-order valence-corrected chi connectivity index (χ4v) is 4.37. The molecule has 1 fully saturated rings. The first-order chi connectivity index (χ1) is 15.9. The zero-order chi connectivity index (χ0) is 25.1. The summed E-state index contributed by atoms with van der Waals surface area (Å²) in [5.74, 6) is -2.99. The monoisotopic (exact) mass is 593 g/mol. The lowest BCUT2D eigenvalue weighted by Crippen LogP contribution is -2.52. The van der Waals surface area contributed by atoms with Gasteiger partial charge in [-0.25, -0.2) is 8.78 Å². The third-order valence-electron chi connectivity index (χ3n) is 6.03. The summed E-state index contributed by atoms with van der Waals surface area (Å²) in [5.41, 5.74) is -1.28. The fourth-order valence-electron chi connectivity index (χ4n) is 4.01. The Morgan fingerprint density at radius 3 is 2.21 bits per heavy atom. The molecule has 1 aromatic heterocycles. The van der Waals surface area contributed by atoms with E-state index in [0.717, 1.165) is 29.5 Å². The van der Waals surface area contributed by atoms with Gasteiger partial charge in [-0.3, -0.25) is 10.4 Å². The first kappa shape index (κ1) is 26.3.